The fourth-order valence-corrected chi connectivity index (χ4v) is 2.33. The minimum atomic E-state index is -0.225. The molecule has 1 aliphatic rings. The largest absolute Gasteiger partial charge is 0.392 e. The maximum atomic E-state index is 10.2. The Kier molecular flexibility index (Phi) is 4.42. The summed E-state index contributed by atoms with van der Waals surface area (Å²) in [5, 5.41) is 10.2. The Labute approximate surface area is 105 Å². The summed E-state index contributed by atoms with van der Waals surface area (Å²) < 4.78 is 0. The summed E-state index contributed by atoms with van der Waals surface area (Å²) in [6.45, 7) is 4.89. The summed E-state index contributed by atoms with van der Waals surface area (Å²) in [5.41, 5.74) is 0.0471. The molecule has 0 aromatic rings. The van der Waals surface area contributed by atoms with Crippen LogP contribution < -0.4 is 0 Å². The van der Waals surface area contributed by atoms with Gasteiger partial charge >= 0.3 is 0 Å². The summed E-state index contributed by atoms with van der Waals surface area (Å²) in [4.78, 5) is 8.69. The predicted octanol–water partition coefficient (Wildman–Crippen LogP) is 1.26. The smallest absolute Gasteiger partial charge is 0.195 e. The molecule has 0 aromatic carbocycles. The third kappa shape index (κ3) is 3.35. The first-order valence-corrected chi connectivity index (χ1v) is 6.37. The summed E-state index contributed by atoms with van der Waals surface area (Å²) >= 11 is 0. The van der Waals surface area contributed by atoms with Crippen LogP contribution in [0.3, 0.4) is 0 Å². The first kappa shape index (κ1) is 14.3. The molecular formula is C13H27N3O. The van der Waals surface area contributed by atoms with Gasteiger partial charge in [0.05, 0.1) is 12.6 Å². The molecule has 4 heteroatoms. The van der Waals surface area contributed by atoms with Gasteiger partial charge in [0.2, 0.25) is 0 Å². The number of rotatable bonds is 4. The molecule has 1 rings (SSSR count). The van der Waals surface area contributed by atoms with Crippen LogP contribution in [0.15, 0.2) is 4.99 Å². The van der Waals surface area contributed by atoms with Crippen molar-refractivity contribution in [2.45, 2.75) is 32.8 Å². The molecule has 1 unspecified atom stereocenters. The molecule has 0 aliphatic heterocycles. The molecule has 0 spiro atoms. The van der Waals surface area contributed by atoms with E-state index in [0.29, 0.717) is 5.92 Å². The van der Waals surface area contributed by atoms with E-state index in [4.69, 9.17) is 0 Å². The zero-order valence-electron chi connectivity index (χ0n) is 12.1. The highest BCUT2D eigenvalue weighted by atomic mass is 16.3. The highest BCUT2D eigenvalue weighted by Crippen LogP contribution is 2.50. The predicted molar refractivity (Wildman–Crippen MR) is 72.2 cm³/mol. The number of hydrogen-bond donors (Lipinski definition) is 1. The molecule has 0 heterocycles. The van der Waals surface area contributed by atoms with Gasteiger partial charge in [-0.25, -0.2) is 0 Å². The summed E-state index contributed by atoms with van der Waals surface area (Å²) in [7, 11) is 7.99. The van der Waals surface area contributed by atoms with Gasteiger partial charge in [-0.1, -0.05) is 13.8 Å². The van der Waals surface area contributed by atoms with Crippen LogP contribution in [0.25, 0.3) is 0 Å². The minimum Gasteiger partial charge on any atom is -0.392 e. The van der Waals surface area contributed by atoms with E-state index in [1.807, 2.05) is 38.0 Å². The maximum Gasteiger partial charge on any atom is 0.195 e. The fraction of sp³-hybridized carbons (Fsp3) is 0.923. The lowest BCUT2D eigenvalue weighted by molar-refractivity contribution is 0.0547. The molecule has 17 heavy (non-hydrogen) atoms. The van der Waals surface area contributed by atoms with Crippen molar-refractivity contribution in [2.24, 2.45) is 16.3 Å². The molecule has 1 fully saturated rings. The van der Waals surface area contributed by atoms with E-state index in [0.717, 1.165) is 25.3 Å². The van der Waals surface area contributed by atoms with Crippen LogP contribution in [-0.2, 0) is 0 Å². The Morgan fingerprint density at radius 2 is 1.65 bits per heavy atom. The van der Waals surface area contributed by atoms with Crippen LogP contribution in [-0.4, -0.2) is 61.7 Å². The first-order chi connectivity index (χ1) is 7.80. The van der Waals surface area contributed by atoms with Gasteiger partial charge in [0.25, 0.3) is 0 Å². The average molecular weight is 241 g/mol. The molecule has 0 radical (unpaired) electrons. The zero-order valence-corrected chi connectivity index (χ0v) is 12.1. The molecule has 100 valence electrons. The number of guanidine groups is 1. The monoisotopic (exact) mass is 241 g/mol. The quantitative estimate of drug-likeness (QED) is 0.595. The van der Waals surface area contributed by atoms with Gasteiger partial charge in [-0.3, -0.25) is 4.99 Å². The van der Waals surface area contributed by atoms with Gasteiger partial charge in [0.1, 0.15) is 0 Å². The molecular weight excluding hydrogens is 214 g/mol. The SMILES string of the molecule is CC(C)C(O)C1(CN=C(N(C)C)N(C)C)CC1. The molecule has 4 nitrogen and oxygen atoms in total. The third-order valence-electron chi connectivity index (χ3n) is 3.49. The molecule has 1 atom stereocenters. The Balaban J connectivity index is 2.68. The van der Waals surface area contributed by atoms with E-state index in [2.05, 4.69) is 18.8 Å². The van der Waals surface area contributed by atoms with Gasteiger partial charge < -0.3 is 14.9 Å². The summed E-state index contributed by atoms with van der Waals surface area (Å²) in [6, 6.07) is 0. The normalized spacial score (nSPS) is 18.8. The van der Waals surface area contributed by atoms with Crippen molar-refractivity contribution in [1.29, 1.82) is 0 Å². The van der Waals surface area contributed by atoms with Gasteiger partial charge in [0.15, 0.2) is 5.96 Å². The standard InChI is InChI=1S/C13H27N3O/c1-10(2)11(17)13(7-8-13)9-14-12(15(3)4)16(5)6/h10-11,17H,7-9H2,1-6H3. The van der Waals surface area contributed by atoms with Gasteiger partial charge in [-0.15, -0.1) is 0 Å². The maximum absolute atomic E-state index is 10.2. The van der Waals surface area contributed by atoms with E-state index in [-0.39, 0.29) is 11.5 Å². The fourth-order valence-electron chi connectivity index (χ4n) is 2.33. The Bertz CT molecular complexity index is 270. The van der Waals surface area contributed by atoms with Crippen molar-refractivity contribution in [3.63, 3.8) is 0 Å². The van der Waals surface area contributed by atoms with E-state index in [1.54, 1.807) is 0 Å². The van der Waals surface area contributed by atoms with E-state index < -0.39 is 0 Å². The average Bonchev–Trinajstić information content (AvgIpc) is 2.96. The van der Waals surface area contributed by atoms with Crippen LogP contribution in [0.5, 0.6) is 0 Å². The van der Waals surface area contributed by atoms with Crippen LogP contribution in [0.2, 0.25) is 0 Å². The molecule has 0 aromatic heterocycles. The van der Waals surface area contributed by atoms with Gasteiger partial charge in [-0.2, -0.15) is 0 Å². The Morgan fingerprint density at radius 3 is 1.94 bits per heavy atom. The second-order valence-electron chi connectivity index (χ2n) is 5.96. The number of nitrogens with zero attached hydrogens (tertiary/aromatic N) is 3. The molecule has 1 aliphatic carbocycles. The van der Waals surface area contributed by atoms with E-state index in [1.165, 1.54) is 0 Å². The zero-order chi connectivity index (χ0) is 13.2. The highest BCUT2D eigenvalue weighted by molar-refractivity contribution is 5.79. The van der Waals surface area contributed by atoms with Crippen molar-refractivity contribution >= 4 is 5.96 Å². The molecule has 1 saturated carbocycles. The number of aliphatic hydroxyl groups excluding tert-OH is 1. The van der Waals surface area contributed by atoms with Crippen LogP contribution in [0.4, 0.5) is 0 Å². The van der Waals surface area contributed by atoms with Crippen LogP contribution in [0.1, 0.15) is 26.7 Å². The number of aliphatic imine (C=N–C) groups is 1. The van der Waals surface area contributed by atoms with Gasteiger partial charge in [0, 0.05) is 33.6 Å². The molecule has 0 amide bonds. The van der Waals surface area contributed by atoms with Crippen molar-refractivity contribution in [3.8, 4) is 0 Å². The second kappa shape index (κ2) is 5.25. The molecule has 1 N–H and O–H groups in total. The number of aliphatic hydroxyl groups is 1. The van der Waals surface area contributed by atoms with Gasteiger partial charge in [-0.05, 0) is 18.8 Å². The lowest BCUT2D eigenvalue weighted by Crippen LogP contribution is -2.37. The first-order valence-electron chi connectivity index (χ1n) is 6.37. The highest BCUT2D eigenvalue weighted by Gasteiger charge is 2.49. The van der Waals surface area contributed by atoms with Crippen LogP contribution in [0, 0.1) is 11.3 Å². The number of hydrogen-bond acceptors (Lipinski definition) is 2. The third-order valence-corrected chi connectivity index (χ3v) is 3.49. The van der Waals surface area contributed by atoms with E-state index in [9.17, 15) is 5.11 Å². The topological polar surface area (TPSA) is 39.1 Å². The van der Waals surface area contributed by atoms with Crippen LogP contribution >= 0.6 is 0 Å². The Hall–Kier alpha value is -0.770. The minimum absolute atomic E-state index is 0.0471. The Morgan fingerprint density at radius 1 is 1.18 bits per heavy atom. The van der Waals surface area contributed by atoms with Crippen molar-refractivity contribution in [2.75, 3.05) is 34.7 Å². The molecule has 0 saturated heterocycles. The van der Waals surface area contributed by atoms with Crippen molar-refractivity contribution in [1.82, 2.24) is 9.80 Å². The second-order valence-corrected chi connectivity index (χ2v) is 5.96. The summed E-state index contributed by atoms with van der Waals surface area (Å²) in [5.74, 6) is 1.28. The summed E-state index contributed by atoms with van der Waals surface area (Å²) in [6.07, 6.45) is 1.98. The van der Waals surface area contributed by atoms with Crippen molar-refractivity contribution in [3.05, 3.63) is 0 Å². The lowest BCUT2D eigenvalue weighted by Gasteiger charge is -2.27. The molecule has 0 bridgehead atoms. The lowest BCUT2D eigenvalue weighted by atomic mass is 9.90. The van der Waals surface area contributed by atoms with Crippen molar-refractivity contribution < 1.29 is 5.11 Å². The van der Waals surface area contributed by atoms with E-state index >= 15 is 0 Å².